The minimum Gasteiger partial charge on any atom is -0.463 e. The minimum atomic E-state index is -0.137. The first-order valence-corrected chi connectivity index (χ1v) is 18.2. The van der Waals surface area contributed by atoms with Crippen molar-refractivity contribution in [1.82, 2.24) is 0 Å². The molecule has 0 aliphatic rings. The molecule has 11 heteroatoms. The van der Waals surface area contributed by atoms with Gasteiger partial charge in [-0.3, -0.25) is 4.79 Å². The average Bonchev–Trinajstić information content (AvgIpc) is 3.06. The fourth-order valence-corrected chi connectivity index (χ4v) is 4.18. The topological polar surface area (TPSA) is 109 Å². The smallest absolute Gasteiger partial charge is 0.305 e. The number of carbonyl (C=O) groups is 1. The lowest BCUT2D eigenvalue weighted by Crippen LogP contribution is -2.15. The van der Waals surface area contributed by atoms with E-state index in [1.165, 1.54) is 57.8 Å². The van der Waals surface area contributed by atoms with Gasteiger partial charge in [-0.15, -0.1) is 0 Å². The molecule has 11 nitrogen and oxygen atoms in total. The number of carbonyl (C=O) groups excluding carboxylic acids is 1. The summed E-state index contributed by atoms with van der Waals surface area (Å²) in [7, 11) is 0. The van der Waals surface area contributed by atoms with Crippen LogP contribution in [0.15, 0.2) is 0 Å². The van der Waals surface area contributed by atoms with E-state index in [9.17, 15) is 4.79 Å². The van der Waals surface area contributed by atoms with Gasteiger partial charge in [0.25, 0.3) is 0 Å². The van der Waals surface area contributed by atoms with Crippen LogP contribution < -0.4 is 0 Å². The first-order chi connectivity index (χ1) is 22.8. The van der Waals surface area contributed by atoms with Crippen LogP contribution in [0.25, 0.3) is 0 Å². The van der Waals surface area contributed by atoms with Gasteiger partial charge in [-0.2, -0.15) is 0 Å². The maximum atomic E-state index is 11.7. The van der Waals surface area contributed by atoms with Crippen molar-refractivity contribution in [1.29, 1.82) is 0 Å². The first kappa shape index (κ1) is 45.1. The zero-order valence-electron chi connectivity index (χ0n) is 29.6. The molecule has 0 unspecified atom stereocenters. The van der Waals surface area contributed by atoms with Crippen molar-refractivity contribution < 1.29 is 52.2 Å². The van der Waals surface area contributed by atoms with Crippen molar-refractivity contribution in [2.75, 3.05) is 126 Å². The van der Waals surface area contributed by atoms with Crippen molar-refractivity contribution in [2.24, 2.45) is 0 Å². The maximum Gasteiger partial charge on any atom is 0.305 e. The Morgan fingerprint density at radius 3 is 0.913 bits per heavy atom. The largest absolute Gasteiger partial charge is 0.463 e. The summed E-state index contributed by atoms with van der Waals surface area (Å²) in [6.45, 7) is 14.4. The van der Waals surface area contributed by atoms with Gasteiger partial charge in [-0.05, 0) is 12.8 Å². The van der Waals surface area contributed by atoms with Crippen LogP contribution in [0.2, 0.25) is 0 Å². The highest BCUT2D eigenvalue weighted by atomic mass is 16.6. The lowest BCUT2D eigenvalue weighted by atomic mass is 10.1. The molecule has 0 aromatic carbocycles. The summed E-state index contributed by atoms with van der Waals surface area (Å²) in [5.41, 5.74) is 0. The highest BCUT2D eigenvalue weighted by Gasteiger charge is 2.03. The Bertz CT molecular complexity index is 569. The number of ether oxygens (including phenoxy) is 10. The second-order valence-corrected chi connectivity index (χ2v) is 11.0. The molecule has 0 N–H and O–H groups in total. The number of rotatable bonds is 41. The van der Waals surface area contributed by atoms with Gasteiger partial charge in [0.05, 0.1) is 112 Å². The molecular weight excluding hydrogens is 596 g/mol. The van der Waals surface area contributed by atoms with Gasteiger partial charge in [0.1, 0.15) is 6.61 Å². The van der Waals surface area contributed by atoms with Crippen LogP contribution in [0.3, 0.4) is 0 Å². The third-order valence-electron chi connectivity index (χ3n) is 6.84. The quantitative estimate of drug-likeness (QED) is 0.0584. The molecule has 0 rings (SSSR count). The molecule has 0 fully saturated rings. The van der Waals surface area contributed by atoms with E-state index in [1.807, 2.05) is 0 Å². The average molecular weight is 667 g/mol. The van der Waals surface area contributed by atoms with Crippen LogP contribution in [0, 0.1) is 0 Å². The van der Waals surface area contributed by atoms with E-state index in [2.05, 4.69) is 13.8 Å². The molecule has 0 amide bonds. The van der Waals surface area contributed by atoms with Gasteiger partial charge >= 0.3 is 5.97 Å². The van der Waals surface area contributed by atoms with Gasteiger partial charge in [-0.1, -0.05) is 78.1 Å². The highest BCUT2D eigenvalue weighted by molar-refractivity contribution is 5.69. The lowest BCUT2D eigenvalue weighted by Gasteiger charge is -2.09. The molecule has 276 valence electrons. The van der Waals surface area contributed by atoms with E-state index in [4.69, 9.17) is 47.4 Å². The van der Waals surface area contributed by atoms with Gasteiger partial charge < -0.3 is 47.4 Å². The minimum absolute atomic E-state index is 0.137. The zero-order valence-corrected chi connectivity index (χ0v) is 29.6. The highest BCUT2D eigenvalue weighted by Crippen LogP contribution is 2.08. The molecule has 0 aliphatic carbocycles. The maximum absolute atomic E-state index is 11.7. The van der Waals surface area contributed by atoms with Crippen LogP contribution in [0.5, 0.6) is 0 Å². The molecule has 0 aromatic rings. The summed E-state index contributed by atoms with van der Waals surface area (Å²) in [5, 5.41) is 0. The molecule has 0 saturated carbocycles. The normalized spacial score (nSPS) is 11.4. The van der Waals surface area contributed by atoms with Crippen molar-refractivity contribution in [3.8, 4) is 0 Å². The molecule has 0 spiro atoms. The Hall–Kier alpha value is -0.890. The number of hydrogen-bond donors (Lipinski definition) is 0. The second kappa shape index (κ2) is 42.1. The summed E-state index contributed by atoms with van der Waals surface area (Å²) >= 11 is 0. The first-order valence-electron chi connectivity index (χ1n) is 18.2. The van der Waals surface area contributed by atoms with Crippen molar-refractivity contribution >= 4 is 5.97 Å². The van der Waals surface area contributed by atoms with Gasteiger partial charge in [0.15, 0.2) is 0 Å². The predicted octanol–water partition coefficient (Wildman–Crippen LogP) is 5.79. The fraction of sp³-hybridized carbons (Fsp3) is 0.971. The van der Waals surface area contributed by atoms with E-state index in [0.717, 1.165) is 25.9 Å². The Balaban J connectivity index is 3.09. The molecule has 46 heavy (non-hydrogen) atoms. The summed E-state index contributed by atoms with van der Waals surface area (Å²) in [4.78, 5) is 11.7. The Morgan fingerprint density at radius 2 is 0.565 bits per heavy atom. The van der Waals surface area contributed by atoms with E-state index >= 15 is 0 Å². The third kappa shape index (κ3) is 41.1. The number of esters is 1. The van der Waals surface area contributed by atoms with E-state index < -0.39 is 0 Å². The Morgan fingerprint density at radius 1 is 0.304 bits per heavy atom. The number of hydrogen-bond acceptors (Lipinski definition) is 11. The fourth-order valence-electron chi connectivity index (χ4n) is 4.18. The van der Waals surface area contributed by atoms with Crippen LogP contribution >= 0.6 is 0 Å². The monoisotopic (exact) mass is 666 g/mol. The Kier molecular flexibility index (Phi) is 41.3. The SMILES string of the molecule is CCCCCCCCCC(=O)OCCOCCOCCOCCOCCOCCOCCOCCOCCOCCCCCCC. The predicted molar refractivity (Wildman–Crippen MR) is 180 cm³/mol. The van der Waals surface area contributed by atoms with E-state index in [-0.39, 0.29) is 5.97 Å². The second-order valence-electron chi connectivity index (χ2n) is 11.0. The van der Waals surface area contributed by atoms with Gasteiger partial charge in [0, 0.05) is 13.0 Å². The zero-order chi connectivity index (χ0) is 33.3. The molecule has 0 aromatic heterocycles. The van der Waals surface area contributed by atoms with Gasteiger partial charge in [-0.25, -0.2) is 0 Å². The third-order valence-corrected chi connectivity index (χ3v) is 6.84. The number of unbranched alkanes of at least 4 members (excludes halogenated alkanes) is 10. The Labute approximate surface area is 280 Å². The summed E-state index contributed by atoms with van der Waals surface area (Å²) in [6.07, 6.45) is 15.1. The molecule has 0 atom stereocenters. The standard InChI is InChI=1S/C35H70O11/c1-3-5-7-9-10-11-13-15-35(36)46-34-33-45-32-31-44-30-29-43-28-27-42-26-25-41-24-23-40-22-21-39-20-19-38-18-17-37-16-14-12-8-6-4-2/h3-34H2,1-2H3. The molecule has 0 aliphatic heterocycles. The summed E-state index contributed by atoms with van der Waals surface area (Å²) in [5.74, 6) is -0.137. The molecule has 0 saturated heterocycles. The van der Waals surface area contributed by atoms with Crippen LogP contribution in [0.1, 0.15) is 97.3 Å². The van der Waals surface area contributed by atoms with Gasteiger partial charge in [0.2, 0.25) is 0 Å². The van der Waals surface area contributed by atoms with Crippen molar-refractivity contribution in [3.63, 3.8) is 0 Å². The molecule has 0 bridgehead atoms. The van der Waals surface area contributed by atoms with E-state index in [0.29, 0.717) is 125 Å². The van der Waals surface area contributed by atoms with Crippen LogP contribution in [-0.2, 0) is 52.2 Å². The lowest BCUT2D eigenvalue weighted by molar-refractivity contribution is -0.145. The molecule has 0 heterocycles. The molecular formula is C35H70O11. The molecule has 0 radical (unpaired) electrons. The summed E-state index contributed by atoms with van der Waals surface area (Å²) in [6, 6.07) is 0. The van der Waals surface area contributed by atoms with Crippen LogP contribution in [0.4, 0.5) is 0 Å². The van der Waals surface area contributed by atoms with Crippen molar-refractivity contribution in [3.05, 3.63) is 0 Å². The van der Waals surface area contributed by atoms with Crippen LogP contribution in [-0.4, -0.2) is 132 Å². The van der Waals surface area contributed by atoms with E-state index in [1.54, 1.807) is 0 Å². The summed E-state index contributed by atoms with van der Waals surface area (Å²) < 4.78 is 54.6. The van der Waals surface area contributed by atoms with Crippen molar-refractivity contribution in [2.45, 2.75) is 97.3 Å².